The van der Waals surface area contributed by atoms with E-state index in [1.165, 1.54) is 44.3 Å². The summed E-state index contributed by atoms with van der Waals surface area (Å²) in [7, 11) is 0. The number of carboxylic acid groups (broad SMARTS) is 1. The van der Waals surface area contributed by atoms with Crippen LogP contribution in [0.1, 0.15) is 74.1 Å². The van der Waals surface area contributed by atoms with Crippen LogP contribution in [0.25, 0.3) is 0 Å². The molecule has 0 atom stereocenters. The SMILES string of the molecule is CCCCCCCCc1n(CC)cc[n+]1Cc1ccc(C(=O)O)cc1. The molecule has 0 bridgehead atoms. The highest BCUT2D eigenvalue weighted by molar-refractivity contribution is 5.87. The van der Waals surface area contributed by atoms with Crippen molar-refractivity contribution in [3.63, 3.8) is 0 Å². The summed E-state index contributed by atoms with van der Waals surface area (Å²) in [6.45, 7) is 6.20. The van der Waals surface area contributed by atoms with Gasteiger partial charge in [-0.15, -0.1) is 0 Å². The Morgan fingerprint density at radius 1 is 1.04 bits per heavy atom. The number of benzene rings is 1. The Hall–Kier alpha value is -2.10. The zero-order chi connectivity index (χ0) is 18.1. The van der Waals surface area contributed by atoms with E-state index in [9.17, 15) is 4.79 Å². The van der Waals surface area contributed by atoms with Gasteiger partial charge in [0.25, 0.3) is 5.82 Å². The van der Waals surface area contributed by atoms with Gasteiger partial charge in [0, 0.05) is 6.42 Å². The minimum Gasteiger partial charge on any atom is -0.478 e. The molecular formula is C21H31N2O2+. The molecular weight excluding hydrogens is 312 g/mol. The van der Waals surface area contributed by atoms with E-state index in [1.54, 1.807) is 12.1 Å². The Morgan fingerprint density at radius 2 is 1.72 bits per heavy atom. The first-order valence-corrected chi connectivity index (χ1v) is 9.55. The molecule has 1 heterocycles. The second-order valence-corrected chi connectivity index (χ2v) is 6.65. The number of aryl methyl sites for hydroxylation is 1. The lowest BCUT2D eigenvalue weighted by molar-refractivity contribution is -0.695. The fourth-order valence-electron chi connectivity index (χ4n) is 3.23. The van der Waals surface area contributed by atoms with Crippen LogP contribution in [0.3, 0.4) is 0 Å². The van der Waals surface area contributed by atoms with Crippen molar-refractivity contribution in [1.29, 1.82) is 0 Å². The van der Waals surface area contributed by atoms with Crippen molar-refractivity contribution in [2.24, 2.45) is 0 Å². The molecule has 0 fully saturated rings. The minimum atomic E-state index is -0.875. The number of hydrogen-bond acceptors (Lipinski definition) is 1. The van der Waals surface area contributed by atoms with Crippen LogP contribution in [0.4, 0.5) is 0 Å². The summed E-state index contributed by atoms with van der Waals surface area (Å²) in [6.07, 6.45) is 13.2. The lowest BCUT2D eigenvalue weighted by Gasteiger charge is -2.05. The molecule has 2 aromatic rings. The summed E-state index contributed by atoms with van der Waals surface area (Å²) in [6, 6.07) is 7.19. The molecule has 0 saturated carbocycles. The highest BCUT2D eigenvalue weighted by Gasteiger charge is 2.16. The monoisotopic (exact) mass is 343 g/mol. The third-order valence-electron chi connectivity index (χ3n) is 4.74. The van der Waals surface area contributed by atoms with Crippen LogP contribution in [0.15, 0.2) is 36.7 Å². The number of carbonyl (C=O) groups is 1. The molecule has 0 aliphatic carbocycles. The summed E-state index contributed by atoms with van der Waals surface area (Å²) in [4.78, 5) is 11.0. The molecule has 0 unspecified atom stereocenters. The Bertz CT molecular complexity index is 659. The summed E-state index contributed by atoms with van der Waals surface area (Å²) in [5.74, 6) is 0.486. The first-order valence-electron chi connectivity index (χ1n) is 9.55. The van der Waals surface area contributed by atoms with Gasteiger partial charge in [-0.25, -0.2) is 13.9 Å². The Kier molecular flexibility index (Phi) is 7.71. The summed E-state index contributed by atoms with van der Waals surface area (Å²) >= 11 is 0. The molecule has 4 heteroatoms. The van der Waals surface area contributed by atoms with Crippen LogP contribution < -0.4 is 4.57 Å². The zero-order valence-corrected chi connectivity index (χ0v) is 15.6. The normalized spacial score (nSPS) is 11.0. The topological polar surface area (TPSA) is 46.1 Å². The molecule has 0 radical (unpaired) electrons. The van der Waals surface area contributed by atoms with Crippen molar-refractivity contribution >= 4 is 5.97 Å². The molecule has 0 spiro atoms. The van der Waals surface area contributed by atoms with Crippen LogP contribution in [0.5, 0.6) is 0 Å². The predicted molar refractivity (Wildman–Crippen MR) is 99.9 cm³/mol. The van der Waals surface area contributed by atoms with Crippen molar-refractivity contribution in [3.05, 3.63) is 53.6 Å². The van der Waals surface area contributed by atoms with Crippen molar-refractivity contribution in [1.82, 2.24) is 4.57 Å². The number of aromatic carboxylic acids is 1. The number of hydrogen-bond donors (Lipinski definition) is 1. The largest absolute Gasteiger partial charge is 0.478 e. The van der Waals surface area contributed by atoms with Gasteiger partial charge in [0.05, 0.1) is 12.1 Å². The standard InChI is InChI=1S/C21H30N2O2/c1-3-5-6-7-8-9-10-20-22(4-2)15-16-23(20)17-18-11-13-19(14-12-18)21(24)25/h11-16H,3-10,17H2,1-2H3/p+1. The Morgan fingerprint density at radius 3 is 2.36 bits per heavy atom. The lowest BCUT2D eigenvalue weighted by atomic mass is 10.1. The maximum absolute atomic E-state index is 11.0. The maximum Gasteiger partial charge on any atom is 0.335 e. The van der Waals surface area contributed by atoms with Gasteiger partial charge in [-0.05, 0) is 31.0 Å². The molecule has 0 saturated heterocycles. The Labute approximate surface area is 151 Å². The van der Waals surface area contributed by atoms with E-state index < -0.39 is 5.97 Å². The molecule has 0 aliphatic heterocycles. The fraction of sp³-hybridized carbons (Fsp3) is 0.524. The van der Waals surface area contributed by atoms with Gasteiger partial charge >= 0.3 is 5.97 Å². The van der Waals surface area contributed by atoms with Crippen LogP contribution >= 0.6 is 0 Å². The number of aromatic nitrogens is 2. The minimum absolute atomic E-state index is 0.340. The molecule has 2 rings (SSSR count). The summed E-state index contributed by atoms with van der Waals surface area (Å²) in [5, 5.41) is 9.01. The molecule has 0 amide bonds. The fourth-order valence-corrected chi connectivity index (χ4v) is 3.23. The van der Waals surface area contributed by atoms with Gasteiger partial charge < -0.3 is 5.11 Å². The van der Waals surface area contributed by atoms with Crippen molar-refractivity contribution in [2.75, 3.05) is 0 Å². The van der Waals surface area contributed by atoms with E-state index in [0.29, 0.717) is 5.56 Å². The number of imidazole rings is 1. The number of nitrogens with zero attached hydrogens (tertiary/aromatic N) is 2. The third-order valence-corrected chi connectivity index (χ3v) is 4.74. The predicted octanol–water partition coefficient (Wildman–Crippen LogP) is 4.45. The average Bonchev–Trinajstić information content (AvgIpc) is 3.00. The second-order valence-electron chi connectivity index (χ2n) is 6.65. The van der Waals surface area contributed by atoms with Gasteiger partial charge in [-0.1, -0.05) is 51.2 Å². The van der Waals surface area contributed by atoms with E-state index in [4.69, 9.17) is 5.11 Å². The molecule has 136 valence electrons. The first kappa shape index (κ1) is 19.2. The highest BCUT2D eigenvalue weighted by atomic mass is 16.4. The molecule has 0 aliphatic rings. The second kappa shape index (κ2) is 10.0. The molecule has 4 nitrogen and oxygen atoms in total. The lowest BCUT2D eigenvalue weighted by Crippen LogP contribution is -2.37. The summed E-state index contributed by atoms with van der Waals surface area (Å²) < 4.78 is 4.61. The molecule has 1 aromatic heterocycles. The third kappa shape index (κ3) is 5.73. The van der Waals surface area contributed by atoms with Crippen LogP contribution in [-0.2, 0) is 19.5 Å². The maximum atomic E-state index is 11.0. The van der Waals surface area contributed by atoms with Crippen molar-refractivity contribution in [3.8, 4) is 0 Å². The van der Waals surface area contributed by atoms with E-state index in [-0.39, 0.29) is 0 Å². The average molecular weight is 343 g/mol. The van der Waals surface area contributed by atoms with Gasteiger partial charge in [0.1, 0.15) is 18.9 Å². The van der Waals surface area contributed by atoms with Crippen LogP contribution in [0, 0.1) is 0 Å². The van der Waals surface area contributed by atoms with E-state index >= 15 is 0 Å². The number of unbranched alkanes of at least 4 members (excludes halogenated alkanes) is 5. The van der Waals surface area contributed by atoms with E-state index in [2.05, 4.69) is 35.4 Å². The van der Waals surface area contributed by atoms with Gasteiger partial charge in [0.2, 0.25) is 0 Å². The van der Waals surface area contributed by atoms with Gasteiger partial charge in [0.15, 0.2) is 0 Å². The van der Waals surface area contributed by atoms with E-state index in [0.717, 1.165) is 25.1 Å². The summed E-state index contributed by atoms with van der Waals surface area (Å²) in [5.41, 5.74) is 1.47. The first-order chi connectivity index (χ1) is 12.2. The zero-order valence-electron chi connectivity index (χ0n) is 15.6. The van der Waals surface area contributed by atoms with Gasteiger partial charge in [-0.2, -0.15) is 0 Å². The van der Waals surface area contributed by atoms with Crippen LogP contribution in [0.2, 0.25) is 0 Å². The molecule has 1 N–H and O–H groups in total. The molecule has 1 aromatic carbocycles. The van der Waals surface area contributed by atoms with Crippen molar-refractivity contribution < 1.29 is 14.5 Å². The highest BCUT2D eigenvalue weighted by Crippen LogP contribution is 2.10. The molecule has 25 heavy (non-hydrogen) atoms. The van der Waals surface area contributed by atoms with E-state index in [1.807, 2.05) is 12.1 Å². The quantitative estimate of drug-likeness (QED) is 0.484. The Balaban J connectivity index is 1.98. The number of carboxylic acids is 1. The van der Waals surface area contributed by atoms with Crippen LogP contribution in [-0.4, -0.2) is 15.6 Å². The smallest absolute Gasteiger partial charge is 0.335 e. The van der Waals surface area contributed by atoms with Gasteiger partial charge in [-0.3, -0.25) is 0 Å². The van der Waals surface area contributed by atoms with Crippen molar-refractivity contribution in [2.45, 2.75) is 71.9 Å². The number of rotatable bonds is 11.